The number of ether oxygens (including phenoxy) is 1. The van der Waals surface area contributed by atoms with Crippen LogP contribution < -0.4 is 0 Å². The van der Waals surface area contributed by atoms with Crippen LogP contribution in [-0.2, 0) is 19.4 Å². The van der Waals surface area contributed by atoms with Gasteiger partial charge in [-0.2, -0.15) is 0 Å². The van der Waals surface area contributed by atoms with E-state index in [1.54, 1.807) is 43.3 Å². The van der Waals surface area contributed by atoms with E-state index in [4.69, 9.17) is 4.74 Å². The molecule has 160 valence electrons. The van der Waals surface area contributed by atoms with Crippen LogP contribution in [0, 0.1) is 0 Å². The lowest BCUT2D eigenvalue weighted by Crippen LogP contribution is -2.48. The summed E-state index contributed by atoms with van der Waals surface area (Å²) < 4.78 is 28.9. The molecule has 29 heavy (non-hydrogen) atoms. The van der Waals surface area contributed by atoms with Gasteiger partial charge < -0.3 is 9.64 Å². The van der Waals surface area contributed by atoms with Crippen molar-refractivity contribution in [3.63, 3.8) is 0 Å². The van der Waals surface area contributed by atoms with Gasteiger partial charge in [-0.1, -0.05) is 24.3 Å². The summed E-state index contributed by atoms with van der Waals surface area (Å²) in [6.07, 6.45) is 1.07. The number of hydrogen-bond donors (Lipinski definition) is 0. The van der Waals surface area contributed by atoms with Crippen LogP contribution in [0.1, 0.15) is 37.0 Å². The molecule has 0 bridgehead atoms. The summed E-state index contributed by atoms with van der Waals surface area (Å²) in [5, 5.41) is 9.37. The van der Waals surface area contributed by atoms with E-state index < -0.39 is 28.3 Å². The predicted molar refractivity (Wildman–Crippen MR) is 109 cm³/mol. The van der Waals surface area contributed by atoms with Gasteiger partial charge in [0, 0.05) is 26.2 Å². The Morgan fingerprint density at radius 2 is 1.97 bits per heavy atom. The van der Waals surface area contributed by atoms with Gasteiger partial charge in [-0.25, -0.2) is 13.2 Å². The van der Waals surface area contributed by atoms with E-state index in [-0.39, 0.29) is 29.2 Å². The summed E-state index contributed by atoms with van der Waals surface area (Å²) in [4.78, 5) is 26.8. The Hall–Kier alpha value is -2.49. The van der Waals surface area contributed by atoms with Crippen LogP contribution in [-0.4, -0.2) is 74.5 Å². The fourth-order valence-electron chi connectivity index (χ4n) is 3.15. The molecule has 1 aliphatic heterocycles. The smallest absolute Gasteiger partial charge is 0.340 e. The van der Waals surface area contributed by atoms with Gasteiger partial charge in [-0.3, -0.25) is 9.80 Å². The van der Waals surface area contributed by atoms with E-state index in [1.165, 1.54) is 5.01 Å². The highest BCUT2D eigenvalue weighted by molar-refractivity contribution is 7.91. The number of carbonyl (C=O) groups is 2. The van der Waals surface area contributed by atoms with E-state index >= 15 is 0 Å². The largest absolute Gasteiger partial charge is 0.452 e. The molecule has 1 amide bonds. The summed E-state index contributed by atoms with van der Waals surface area (Å²) in [6, 6.07) is 6.02. The zero-order valence-corrected chi connectivity index (χ0v) is 18.1. The SMILES string of the molecule is CCC(C)N(C(=O)COC(=O)c1ccccc1N=NN(C)C)C1CCS(=O)(=O)C1. The van der Waals surface area contributed by atoms with Crippen LogP contribution in [0.15, 0.2) is 34.6 Å². The molecule has 0 saturated carbocycles. The minimum atomic E-state index is -3.14. The van der Waals surface area contributed by atoms with Crippen molar-refractivity contribution >= 4 is 27.4 Å². The van der Waals surface area contributed by atoms with E-state index in [0.717, 1.165) is 0 Å². The second kappa shape index (κ2) is 9.82. The van der Waals surface area contributed by atoms with Crippen molar-refractivity contribution < 1.29 is 22.7 Å². The number of nitrogens with zero attached hydrogens (tertiary/aromatic N) is 4. The summed E-state index contributed by atoms with van der Waals surface area (Å²) >= 11 is 0. The Morgan fingerprint density at radius 3 is 2.55 bits per heavy atom. The quantitative estimate of drug-likeness (QED) is 0.360. The highest BCUT2D eigenvalue weighted by atomic mass is 32.2. The third kappa shape index (κ3) is 6.25. The molecule has 1 aliphatic rings. The molecule has 0 radical (unpaired) electrons. The molecule has 9 nitrogen and oxygen atoms in total. The van der Waals surface area contributed by atoms with Gasteiger partial charge in [0.05, 0.1) is 17.1 Å². The average Bonchev–Trinajstić information content (AvgIpc) is 3.03. The second-order valence-corrected chi connectivity index (χ2v) is 9.47. The fraction of sp³-hybridized carbons (Fsp3) is 0.579. The van der Waals surface area contributed by atoms with Gasteiger partial charge in [-0.05, 0) is 31.9 Å². The number of rotatable bonds is 8. The number of esters is 1. The molecule has 0 aromatic heterocycles. The Morgan fingerprint density at radius 1 is 1.28 bits per heavy atom. The maximum Gasteiger partial charge on any atom is 0.340 e. The highest BCUT2D eigenvalue weighted by Crippen LogP contribution is 2.23. The molecule has 0 aliphatic carbocycles. The van der Waals surface area contributed by atoms with Crippen molar-refractivity contribution in [3.8, 4) is 0 Å². The topological polar surface area (TPSA) is 109 Å². The van der Waals surface area contributed by atoms with Crippen molar-refractivity contribution in [3.05, 3.63) is 29.8 Å². The maximum atomic E-state index is 12.8. The van der Waals surface area contributed by atoms with Crippen LogP contribution in [0.2, 0.25) is 0 Å². The maximum absolute atomic E-state index is 12.8. The predicted octanol–water partition coefficient (Wildman–Crippen LogP) is 2.22. The standard InChI is InChI=1S/C19H28N4O5S/c1-5-14(2)23(15-10-11-29(26,27)13-15)18(24)12-28-19(25)16-8-6-7-9-17(16)20-21-22(3)4/h6-9,14-15H,5,10-13H2,1-4H3. The second-order valence-electron chi connectivity index (χ2n) is 7.25. The first-order valence-corrected chi connectivity index (χ1v) is 11.3. The molecular formula is C19H28N4O5S. The van der Waals surface area contributed by atoms with Crippen molar-refractivity contribution in [2.45, 2.75) is 38.8 Å². The number of hydrogen-bond acceptors (Lipinski definition) is 7. The molecular weight excluding hydrogens is 396 g/mol. The van der Waals surface area contributed by atoms with Crippen LogP contribution in [0.25, 0.3) is 0 Å². The summed E-state index contributed by atoms with van der Waals surface area (Å²) in [6.45, 7) is 3.33. The summed E-state index contributed by atoms with van der Waals surface area (Å²) in [5.74, 6) is -1.07. The molecule has 2 rings (SSSR count). The molecule has 0 spiro atoms. The first-order chi connectivity index (χ1) is 13.6. The van der Waals surface area contributed by atoms with Crippen molar-refractivity contribution in [2.24, 2.45) is 10.3 Å². The minimum absolute atomic E-state index is 0.0508. The molecule has 1 aromatic carbocycles. The Labute approximate surface area is 171 Å². The van der Waals surface area contributed by atoms with Crippen LogP contribution >= 0.6 is 0 Å². The van der Waals surface area contributed by atoms with Crippen LogP contribution in [0.4, 0.5) is 5.69 Å². The van der Waals surface area contributed by atoms with E-state index in [0.29, 0.717) is 18.5 Å². The average molecular weight is 425 g/mol. The van der Waals surface area contributed by atoms with E-state index in [9.17, 15) is 18.0 Å². The Kier molecular flexibility index (Phi) is 7.72. The zero-order valence-electron chi connectivity index (χ0n) is 17.2. The molecule has 1 saturated heterocycles. The monoisotopic (exact) mass is 424 g/mol. The summed E-state index contributed by atoms with van der Waals surface area (Å²) in [5.41, 5.74) is 0.531. The third-order valence-corrected chi connectivity index (χ3v) is 6.49. The molecule has 10 heteroatoms. The highest BCUT2D eigenvalue weighted by Gasteiger charge is 2.36. The lowest BCUT2D eigenvalue weighted by Gasteiger charge is -2.33. The molecule has 1 fully saturated rings. The molecule has 2 unspecified atom stereocenters. The normalized spacial score (nSPS) is 19.1. The molecule has 2 atom stereocenters. The van der Waals surface area contributed by atoms with Crippen LogP contribution in [0.5, 0.6) is 0 Å². The lowest BCUT2D eigenvalue weighted by molar-refractivity contribution is -0.138. The fourth-order valence-corrected chi connectivity index (χ4v) is 4.86. The lowest BCUT2D eigenvalue weighted by atomic mass is 10.1. The van der Waals surface area contributed by atoms with E-state index in [2.05, 4.69) is 10.3 Å². The first-order valence-electron chi connectivity index (χ1n) is 9.51. The first kappa shape index (κ1) is 22.8. The van der Waals surface area contributed by atoms with Gasteiger partial charge >= 0.3 is 5.97 Å². The Bertz CT molecular complexity index is 869. The van der Waals surface area contributed by atoms with Gasteiger partial charge in [0.15, 0.2) is 16.4 Å². The van der Waals surface area contributed by atoms with Crippen LogP contribution in [0.3, 0.4) is 0 Å². The minimum Gasteiger partial charge on any atom is -0.452 e. The van der Waals surface area contributed by atoms with Gasteiger partial charge in [0.2, 0.25) is 0 Å². The number of sulfone groups is 1. The zero-order chi connectivity index (χ0) is 21.6. The van der Waals surface area contributed by atoms with Crippen molar-refractivity contribution in [1.82, 2.24) is 9.91 Å². The molecule has 1 heterocycles. The third-order valence-electron chi connectivity index (χ3n) is 4.74. The van der Waals surface area contributed by atoms with Crippen molar-refractivity contribution in [1.29, 1.82) is 0 Å². The van der Waals surface area contributed by atoms with E-state index in [1.807, 2.05) is 13.8 Å². The van der Waals surface area contributed by atoms with Gasteiger partial charge in [0.25, 0.3) is 5.91 Å². The van der Waals surface area contributed by atoms with Gasteiger partial charge in [0.1, 0.15) is 5.69 Å². The summed E-state index contributed by atoms with van der Waals surface area (Å²) in [7, 11) is 0.271. The number of benzene rings is 1. The van der Waals surface area contributed by atoms with Crippen molar-refractivity contribution in [2.75, 3.05) is 32.2 Å². The van der Waals surface area contributed by atoms with Gasteiger partial charge in [-0.15, -0.1) is 5.11 Å². The number of amides is 1. The molecule has 0 N–H and O–H groups in total. The Balaban J connectivity index is 2.09. The number of carbonyl (C=O) groups excluding carboxylic acids is 2. The molecule has 1 aromatic rings.